The molecule has 3 rings (SSSR count). The summed E-state index contributed by atoms with van der Waals surface area (Å²) in [5.41, 5.74) is 19.8. The van der Waals surface area contributed by atoms with Crippen LogP contribution < -0.4 is 43.8 Å². The van der Waals surface area contributed by atoms with Crippen molar-refractivity contribution in [2.45, 2.75) is 114 Å². The SMILES string of the molecule is CC(C)C[C@H](N)C(=O)N[C@@H](Cc1ccccc1)C(=O)N[C@@H](CCCCN)C(=O)N[C@@H](Cc1ccccc1)C(=O)N[C@@H](Cc1ccccc1)C(=O)N[C@@H](CCCCN)C(=O)O. The van der Waals surface area contributed by atoms with Crippen molar-refractivity contribution < 1.29 is 33.9 Å². The van der Waals surface area contributed by atoms with E-state index < -0.39 is 71.8 Å². The van der Waals surface area contributed by atoms with E-state index in [0.717, 1.165) is 5.56 Å². The maximum absolute atomic E-state index is 14.3. The fraction of sp³-hybridized carbons (Fsp3) is 0.467. The van der Waals surface area contributed by atoms with E-state index in [1.165, 1.54) is 0 Å². The molecule has 0 spiro atoms. The molecule has 6 atom stereocenters. The van der Waals surface area contributed by atoms with Gasteiger partial charge >= 0.3 is 5.97 Å². The van der Waals surface area contributed by atoms with E-state index in [0.29, 0.717) is 56.3 Å². The molecule has 15 nitrogen and oxygen atoms in total. The molecule has 3 aromatic rings. The Labute approximate surface area is 353 Å². The predicted molar refractivity (Wildman–Crippen MR) is 231 cm³/mol. The lowest BCUT2D eigenvalue weighted by Crippen LogP contribution is -2.60. The first-order valence-electron chi connectivity index (χ1n) is 20.8. The molecule has 0 bridgehead atoms. The highest BCUT2D eigenvalue weighted by molar-refractivity contribution is 5.96. The summed E-state index contributed by atoms with van der Waals surface area (Å²) in [7, 11) is 0. The highest BCUT2D eigenvalue weighted by Gasteiger charge is 2.33. The quantitative estimate of drug-likeness (QED) is 0.0504. The maximum Gasteiger partial charge on any atom is 0.326 e. The van der Waals surface area contributed by atoms with Gasteiger partial charge in [0, 0.05) is 19.3 Å². The highest BCUT2D eigenvalue weighted by atomic mass is 16.4. The number of carbonyl (C=O) groups excluding carboxylic acids is 5. The Bertz CT molecular complexity index is 1780. The molecule has 0 aliphatic rings. The normalized spacial score (nSPS) is 14.1. The third-order valence-electron chi connectivity index (χ3n) is 9.95. The number of unbranched alkanes of at least 4 members (excludes halogenated alkanes) is 2. The lowest BCUT2D eigenvalue weighted by molar-refractivity contribution is -0.142. The molecule has 15 heteroatoms. The Kier molecular flexibility index (Phi) is 21.5. The third kappa shape index (κ3) is 17.7. The third-order valence-corrected chi connectivity index (χ3v) is 9.95. The Hall–Kier alpha value is -5.64. The average molecular weight is 829 g/mol. The summed E-state index contributed by atoms with van der Waals surface area (Å²) in [4.78, 5) is 81.7. The first kappa shape index (κ1) is 48.7. The zero-order valence-corrected chi connectivity index (χ0v) is 34.8. The van der Waals surface area contributed by atoms with Crippen LogP contribution in [-0.2, 0) is 48.0 Å². The Morgan fingerprint density at radius 3 is 1.15 bits per heavy atom. The number of nitrogens with two attached hydrogens (primary N) is 3. The lowest BCUT2D eigenvalue weighted by atomic mass is 10.00. The number of carbonyl (C=O) groups is 6. The largest absolute Gasteiger partial charge is 0.480 e. The van der Waals surface area contributed by atoms with E-state index >= 15 is 0 Å². The van der Waals surface area contributed by atoms with Gasteiger partial charge in [0.05, 0.1) is 6.04 Å². The van der Waals surface area contributed by atoms with Crippen molar-refractivity contribution >= 4 is 35.5 Å². The van der Waals surface area contributed by atoms with Gasteiger partial charge < -0.3 is 48.9 Å². The van der Waals surface area contributed by atoms with E-state index in [9.17, 15) is 33.9 Å². The standard InChI is InChI=1S/C45H64N8O7/c1-30(2)26-34(48)40(54)51-37(27-31-16-6-3-7-17-31)42(56)49-35(22-12-14-24-46)41(55)52-39(29-33-20-10-5-11-21-33)44(58)53-38(28-32-18-8-4-9-19-32)43(57)50-36(45(59)60)23-13-15-25-47/h3-11,16-21,30,34-39H,12-15,22-29,46-48H2,1-2H3,(H,49,56)(H,50,57)(H,51,54)(H,52,55)(H,53,58)(H,59,60)/t34-,35-,36-,37-,38-,39-/m0/s1. The molecule has 0 unspecified atom stereocenters. The summed E-state index contributed by atoms with van der Waals surface area (Å²) < 4.78 is 0. The molecule has 12 N–H and O–H groups in total. The lowest BCUT2D eigenvalue weighted by Gasteiger charge is -2.27. The van der Waals surface area contributed by atoms with Crippen molar-refractivity contribution in [1.82, 2.24) is 26.6 Å². The number of amides is 5. The first-order chi connectivity index (χ1) is 28.8. The summed E-state index contributed by atoms with van der Waals surface area (Å²) in [5, 5.41) is 23.7. The van der Waals surface area contributed by atoms with E-state index in [1.807, 2.05) is 56.3 Å². The van der Waals surface area contributed by atoms with Crippen LogP contribution in [0.15, 0.2) is 91.0 Å². The van der Waals surface area contributed by atoms with Gasteiger partial charge in [0.25, 0.3) is 0 Å². The Morgan fingerprint density at radius 1 is 0.483 bits per heavy atom. The van der Waals surface area contributed by atoms with Gasteiger partial charge in [-0.15, -0.1) is 0 Å². The fourth-order valence-electron chi connectivity index (χ4n) is 6.67. The fourth-order valence-corrected chi connectivity index (χ4v) is 6.67. The van der Waals surface area contributed by atoms with E-state index in [1.54, 1.807) is 48.5 Å². The van der Waals surface area contributed by atoms with Gasteiger partial charge in [-0.2, -0.15) is 0 Å². The topological polar surface area (TPSA) is 261 Å². The molecule has 0 fully saturated rings. The first-order valence-corrected chi connectivity index (χ1v) is 20.8. The van der Waals surface area contributed by atoms with Crippen molar-refractivity contribution in [2.24, 2.45) is 23.1 Å². The Balaban J connectivity index is 1.92. The molecular formula is C45H64N8O7. The van der Waals surface area contributed by atoms with Crippen molar-refractivity contribution in [1.29, 1.82) is 0 Å². The van der Waals surface area contributed by atoms with Crippen molar-refractivity contribution in [3.8, 4) is 0 Å². The van der Waals surface area contributed by atoms with E-state index in [4.69, 9.17) is 17.2 Å². The van der Waals surface area contributed by atoms with Gasteiger partial charge in [-0.3, -0.25) is 24.0 Å². The van der Waals surface area contributed by atoms with Crippen LogP contribution in [0.1, 0.15) is 75.5 Å². The molecule has 3 aromatic carbocycles. The highest BCUT2D eigenvalue weighted by Crippen LogP contribution is 2.12. The summed E-state index contributed by atoms with van der Waals surface area (Å²) in [6, 6.07) is 20.3. The van der Waals surface area contributed by atoms with Gasteiger partial charge in [-0.1, -0.05) is 105 Å². The number of benzene rings is 3. The number of rotatable bonds is 27. The van der Waals surface area contributed by atoms with Gasteiger partial charge in [0.2, 0.25) is 29.5 Å². The number of hydrogen-bond donors (Lipinski definition) is 9. The second-order valence-corrected chi connectivity index (χ2v) is 15.5. The zero-order chi connectivity index (χ0) is 43.9. The van der Waals surface area contributed by atoms with Crippen molar-refractivity contribution in [2.75, 3.05) is 13.1 Å². The second-order valence-electron chi connectivity index (χ2n) is 15.5. The van der Waals surface area contributed by atoms with Crippen LogP contribution >= 0.6 is 0 Å². The molecule has 0 aromatic heterocycles. The van der Waals surface area contributed by atoms with Crippen LogP contribution in [-0.4, -0.2) is 90.0 Å². The second kappa shape index (κ2) is 26.5. The van der Waals surface area contributed by atoms with Crippen LogP contribution in [0.3, 0.4) is 0 Å². The molecule has 0 aliphatic heterocycles. The molecule has 0 saturated heterocycles. The molecular weight excluding hydrogens is 765 g/mol. The minimum atomic E-state index is -1.23. The van der Waals surface area contributed by atoms with Crippen LogP contribution in [0.4, 0.5) is 0 Å². The minimum Gasteiger partial charge on any atom is -0.480 e. The summed E-state index contributed by atoms with van der Waals surface area (Å²) in [5.74, 6) is -4.25. The number of carboxylic acids is 1. The van der Waals surface area contributed by atoms with E-state index in [-0.39, 0.29) is 38.0 Å². The van der Waals surface area contributed by atoms with Crippen LogP contribution in [0.5, 0.6) is 0 Å². The minimum absolute atomic E-state index is 0.0266. The Morgan fingerprint density at radius 2 is 0.800 bits per heavy atom. The van der Waals surface area contributed by atoms with E-state index in [2.05, 4.69) is 26.6 Å². The average Bonchev–Trinajstić information content (AvgIpc) is 3.22. The van der Waals surface area contributed by atoms with Crippen LogP contribution in [0, 0.1) is 5.92 Å². The van der Waals surface area contributed by atoms with Gasteiger partial charge in [0.15, 0.2) is 0 Å². The predicted octanol–water partition coefficient (Wildman–Crippen LogP) is 1.85. The summed E-state index contributed by atoms with van der Waals surface area (Å²) >= 11 is 0. The number of carboxylic acid groups (broad SMARTS) is 1. The molecule has 0 aliphatic carbocycles. The monoisotopic (exact) mass is 828 g/mol. The molecule has 60 heavy (non-hydrogen) atoms. The van der Waals surface area contributed by atoms with Gasteiger partial charge in [-0.25, -0.2) is 4.79 Å². The molecule has 0 radical (unpaired) electrons. The molecule has 5 amide bonds. The summed E-state index contributed by atoms with van der Waals surface area (Å²) in [6.07, 6.45) is 2.99. The van der Waals surface area contributed by atoms with Crippen LogP contribution in [0.2, 0.25) is 0 Å². The van der Waals surface area contributed by atoms with Gasteiger partial charge in [-0.05, 0) is 80.6 Å². The number of hydrogen-bond acceptors (Lipinski definition) is 9. The van der Waals surface area contributed by atoms with Crippen molar-refractivity contribution in [3.63, 3.8) is 0 Å². The smallest absolute Gasteiger partial charge is 0.326 e. The van der Waals surface area contributed by atoms with Gasteiger partial charge in [0.1, 0.15) is 30.2 Å². The molecule has 0 saturated carbocycles. The number of nitrogens with one attached hydrogen (secondary N) is 5. The van der Waals surface area contributed by atoms with Crippen LogP contribution in [0.25, 0.3) is 0 Å². The molecule has 0 heterocycles. The summed E-state index contributed by atoms with van der Waals surface area (Å²) in [6.45, 7) is 4.60. The van der Waals surface area contributed by atoms with Crippen molar-refractivity contribution in [3.05, 3.63) is 108 Å². The zero-order valence-electron chi connectivity index (χ0n) is 34.8. The maximum atomic E-state index is 14.3. The number of aliphatic carboxylic acids is 1. The molecule has 326 valence electrons.